The molecule has 0 saturated heterocycles. The highest BCUT2D eigenvalue weighted by Gasteiger charge is 2.23. The first-order valence-electron chi connectivity index (χ1n) is 7.04. The Balaban J connectivity index is 2.13. The molecule has 0 bridgehead atoms. The number of carbonyl (C=O) groups is 2. The van der Waals surface area contributed by atoms with Gasteiger partial charge in [-0.2, -0.15) is 5.10 Å². The summed E-state index contributed by atoms with van der Waals surface area (Å²) in [7, 11) is 0. The van der Waals surface area contributed by atoms with Gasteiger partial charge in [-0.1, -0.05) is 13.8 Å². The normalized spacial score (nSPS) is 12.2. The van der Waals surface area contributed by atoms with E-state index in [1.165, 1.54) is 0 Å². The highest BCUT2D eigenvalue weighted by molar-refractivity contribution is 5.96. The summed E-state index contributed by atoms with van der Waals surface area (Å²) >= 11 is 0. The second-order valence-corrected chi connectivity index (χ2v) is 5.54. The van der Waals surface area contributed by atoms with Crippen LogP contribution in [0, 0.1) is 12.8 Å². The van der Waals surface area contributed by atoms with Gasteiger partial charge in [0, 0.05) is 11.8 Å². The second kappa shape index (κ2) is 6.43. The van der Waals surface area contributed by atoms with Crippen LogP contribution in [0.3, 0.4) is 0 Å². The number of carboxylic acid groups (broad SMARTS) is 1. The van der Waals surface area contributed by atoms with E-state index in [1.54, 1.807) is 49.0 Å². The minimum absolute atomic E-state index is 0.187. The summed E-state index contributed by atoms with van der Waals surface area (Å²) in [6.45, 7) is 5.45. The number of hydrogen-bond acceptors (Lipinski definition) is 3. The standard InChI is InChI=1S/C16H19N3O3/c1-10(2)14(16(21)22)18-15(20)12-4-6-13(7-5-12)19-9-11(3)8-17-19/h4-10,14H,1-3H3,(H,18,20)(H,21,22)/t14-/m1/s1. The van der Waals surface area contributed by atoms with E-state index in [9.17, 15) is 9.59 Å². The second-order valence-electron chi connectivity index (χ2n) is 5.54. The zero-order chi connectivity index (χ0) is 16.3. The van der Waals surface area contributed by atoms with E-state index in [0.717, 1.165) is 11.3 Å². The topological polar surface area (TPSA) is 84.2 Å². The van der Waals surface area contributed by atoms with Gasteiger partial charge in [0.25, 0.3) is 5.91 Å². The number of nitrogens with zero attached hydrogens (tertiary/aromatic N) is 2. The summed E-state index contributed by atoms with van der Waals surface area (Å²) in [5, 5.41) is 15.8. The molecule has 6 nitrogen and oxygen atoms in total. The van der Waals surface area contributed by atoms with Crippen molar-refractivity contribution >= 4 is 11.9 Å². The number of benzene rings is 1. The molecule has 0 saturated carbocycles. The van der Waals surface area contributed by atoms with Crippen LogP contribution in [0.5, 0.6) is 0 Å². The van der Waals surface area contributed by atoms with Gasteiger partial charge >= 0.3 is 5.97 Å². The van der Waals surface area contributed by atoms with Crippen LogP contribution in [0.2, 0.25) is 0 Å². The maximum atomic E-state index is 12.1. The summed E-state index contributed by atoms with van der Waals surface area (Å²) in [5.74, 6) is -1.62. The summed E-state index contributed by atoms with van der Waals surface area (Å²) in [4.78, 5) is 23.2. The fourth-order valence-electron chi connectivity index (χ4n) is 2.06. The van der Waals surface area contributed by atoms with E-state index in [4.69, 9.17) is 5.11 Å². The number of carbonyl (C=O) groups excluding carboxylic acids is 1. The number of aliphatic carboxylic acids is 1. The molecular formula is C16H19N3O3. The first-order valence-corrected chi connectivity index (χ1v) is 7.04. The minimum atomic E-state index is -1.04. The monoisotopic (exact) mass is 301 g/mol. The molecule has 0 fully saturated rings. The van der Waals surface area contributed by atoms with Gasteiger partial charge in [-0.3, -0.25) is 4.79 Å². The lowest BCUT2D eigenvalue weighted by molar-refractivity contribution is -0.140. The van der Waals surface area contributed by atoms with E-state index < -0.39 is 17.9 Å². The van der Waals surface area contributed by atoms with Crippen LogP contribution in [-0.4, -0.2) is 32.8 Å². The van der Waals surface area contributed by atoms with E-state index in [0.29, 0.717) is 5.56 Å². The fraction of sp³-hybridized carbons (Fsp3) is 0.312. The Hall–Kier alpha value is -2.63. The third-order valence-corrected chi connectivity index (χ3v) is 3.33. The van der Waals surface area contributed by atoms with Gasteiger partial charge in [0.15, 0.2) is 0 Å². The summed E-state index contributed by atoms with van der Waals surface area (Å²) in [6, 6.07) is 5.95. The van der Waals surface area contributed by atoms with Crippen molar-refractivity contribution < 1.29 is 14.7 Å². The molecular weight excluding hydrogens is 282 g/mol. The number of aryl methyl sites for hydroxylation is 1. The van der Waals surface area contributed by atoms with E-state index in [2.05, 4.69) is 10.4 Å². The van der Waals surface area contributed by atoms with Crippen LogP contribution in [0.1, 0.15) is 29.8 Å². The Morgan fingerprint density at radius 1 is 1.23 bits per heavy atom. The van der Waals surface area contributed by atoms with Crippen LogP contribution in [0.4, 0.5) is 0 Å². The van der Waals surface area contributed by atoms with Crippen molar-refractivity contribution in [2.75, 3.05) is 0 Å². The van der Waals surface area contributed by atoms with Crippen LogP contribution in [-0.2, 0) is 4.79 Å². The number of amides is 1. The largest absolute Gasteiger partial charge is 0.480 e. The molecule has 1 amide bonds. The van der Waals surface area contributed by atoms with Crippen LogP contribution in [0.25, 0.3) is 5.69 Å². The van der Waals surface area contributed by atoms with Crippen molar-refractivity contribution in [1.82, 2.24) is 15.1 Å². The molecule has 0 spiro atoms. The SMILES string of the molecule is Cc1cnn(-c2ccc(C(=O)N[C@@H](C(=O)O)C(C)C)cc2)c1. The molecule has 116 valence electrons. The molecule has 0 radical (unpaired) electrons. The molecule has 2 aromatic rings. The third-order valence-electron chi connectivity index (χ3n) is 3.33. The summed E-state index contributed by atoms with van der Waals surface area (Å²) in [6.07, 6.45) is 3.63. The molecule has 0 aliphatic heterocycles. The summed E-state index contributed by atoms with van der Waals surface area (Å²) in [5.41, 5.74) is 2.30. The Morgan fingerprint density at radius 3 is 2.32 bits per heavy atom. The number of aromatic nitrogens is 2. The molecule has 0 aliphatic carbocycles. The average molecular weight is 301 g/mol. The number of carboxylic acids is 1. The van der Waals surface area contributed by atoms with Crippen molar-refractivity contribution in [3.05, 3.63) is 47.8 Å². The molecule has 6 heteroatoms. The smallest absolute Gasteiger partial charge is 0.326 e. The van der Waals surface area contributed by atoms with Gasteiger partial charge in [-0.15, -0.1) is 0 Å². The molecule has 1 heterocycles. The third kappa shape index (κ3) is 3.52. The number of hydrogen-bond donors (Lipinski definition) is 2. The minimum Gasteiger partial charge on any atom is -0.480 e. The van der Waals surface area contributed by atoms with Gasteiger partial charge in [-0.25, -0.2) is 9.48 Å². The first kappa shape index (κ1) is 15.8. The molecule has 2 rings (SSSR count). The number of rotatable bonds is 5. The molecule has 2 N–H and O–H groups in total. The van der Waals surface area contributed by atoms with E-state index in [1.807, 2.05) is 13.1 Å². The van der Waals surface area contributed by atoms with Gasteiger partial charge in [0.2, 0.25) is 0 Å². The maximum Gasteiger partial charge on any atom is 0.326 e. The summed E-state index contributed by atoms with van der Waals surface area (Å²) < 4.78 is 1.71. The van der Waals surface area contributed by atoms with Crippen molar-refractivity contribution in [2.45, 2.75) is 26.8 Å². The lowest BCUT2D eigenvalue weighted by atomic mass is 10.0. The predicted octanol–water partition coefficient (Wildman–Crippen LogP) is 2.02. The Kier molecular flexibility index (Phi) is 4.60. The van der Waals surface area contributed by atoms with Gasteiger partial charge < -0.3 is 10.4 Å². The zero-order valence-corrected chi connectivity index (χ0v) is 12.8. The first-order chi connectivity index (χ1) is 10.4. The zero-order valence-electron chi connectivity index (χ0n) is 12.8. The van der Waals surface area contributed by atoms with Gasteiger partial charge in [-0.05, 0) is 42.7 Å². The quantitative estimate of drug-likeness (QED) is 0.885. The molecule has 1 aromatic carbocycles. The molecule has 0 unspecified atom stereocenters. The lowest BCUT2D eigenvalue weighted by Gasteiger charge is -2.17. The van der Waals surface area contributed by atoms with Crippen molar-refractivity contribution in [1.29, 1.82) is 0 Å². The van der Waals surface area contributed by atoms with Crippen molar-refractivity contribution in [3.8, 4) is 5.69 Å². The van der Waals surface area contributed by atoms with Crippen LogP contribution < -0.4 is 5.32 Å². The van der Waals surface area contributed by atoms with Crippen LogP contribution >= 0.6 is 0 Å². The van der Waals surface area contributed by atoms with E-state index >= 15 is 0 Å². The highest BCUT2D eigenvalue weighted by Crippen LogP contribution is 2.11. The molecule has 0 aliphatic rings. The predicted molar refractivity (Wildman–Crippen MR) is 82.0 cm³/mol. The number of nitrogens with one attached hydrogen (secondary N) is 1. The Bertz CT molecular complexity index is 674. The highest BCUT2D eigenvalue weighted by atomic mass is 16.4. The van der Waals surface area contributed by atoms with E-state index in [-0.39, 0.29) is 5.92 Å². The van der Waals surface area contributed by atoms with Crippen molar-refractivity contribution in [2.24, 2.45) is 5.92 Å². The lowest BCUT2D eigenvalue weighted by Crippen LogP contribution is -2.44. The fourth-order valence-corrected chi connectivity index (χ4v) is 2.06. The average Bonchev–Trinajstić information content (AvgIpc) is 2.90. The molecule has 1 atom stereocenters. The molecule has 1 aromatic heterocycles. The van der Waals surface area contributed by atoms with Crippen LogP contribution in [0.15, 0.2) is 36.7 Å². The Morgan fingerprint density at radius 2 is 1.86 bits per heavy atom. The molecule has 22 heavy (non-hydrogen) atoms. The van der Waals surface area contributed by atoms with Crippen molar-refractivity contribution in [3.63, 3.8) is 0 Å². The van der Waals surface area contributed by atoms with Gasteiger partial charge in [0.1, 0.15) is 6.04 Å². The van der Waals surface area contributed by atoms with Gasteiger partial charge in [0.05, 0.1) is 11.9 Å². The Labute approximate surface area is 128 Å². The maximum absolute atomic E-state index is 12.1.